The van der Waals surface area contributed by atoms with Crippen LogP contribution in [0.4, 0.5) is 0 Å². The lowest BCUT2D eigenvalue weighted by Gasteiger charge is -2.13. The summed E-state index contributed by atoms with van der Waals surface area (Å²) in [7, 11) is 1.73. The van der Waals surface area contributed by atoms with Gasteiger partial charge in [0.25, 0.3) is 5.56 Å². The van der Waals surface area contributed by atoms with E-state index < -0.39 is 0 Å². The predicted molar refractivity (Wildman–Crippen MR) is 101 cm³/mol. The largest absolute Gasteiger partial charge is 0.438 e. The lowest BCUT2D eigenvalue weighted by molar-refractivity contribution is 0.456. The number of halogens is 1. The van der Waals surface area contributed by atoms with Crippen molar-refractivity contribution >= 4 is 11.6 Å². The normalized spacial score (nSPS) is 10.8. The monoisotopic (exact) mass is 354 g/mol. The van der Waals surface area contributed by atoms with Gasteiger partial charge in [-0.15, -0.1) is 0 Å². The molecular weight excluding hydrogens is 336 g/mol. The molecule has 0 aliphatic carbocycles. The quantitative estimate of drug-likeness (QED) is 0.633. The number of aryl methyl sites for hydroxylation is 4. The summed E-state index contributed by atoms with van der Waals surface area (Å²) in [6.07, 6.45) is 1.78. The number of ether oxygens (including phenoxy) is 1. The van der Waals surface area contributed by atoms with E-state index in [2.05, 4.69) is 4.98 Å². The average molecular weight is 355 g/mol. The summed E-state index contributed by atoms with van der Waals surface area (Å²) < 4.78 is 7.56. The zero-order chi connectivity index (χ0) is 18.1. The first-order valence-corrected chi connectivity index (χ1v) is 8.32. The lowest BCUT2D eigenvalue weighted by atomic mass is 10.1. The average Bonchev–Trinajstić information content (AvgIpc) is 2.55. The molecule has 0 atom stereocenters. The van der Waals surface area contributed by atoms with E-state index in [1.54, 1.807) is 30.8 Å². The van der Waals surface area contributed by atoms with Crippen molar-refractivity contribution in [3.05, 3.63) is 74.8 Å². The van der Waals surface area contributed by atoms with Crippen molar-refractivity contribution in [2.75, 3.05) is 0 Å². The molecule has 128 valence electrons. The molecule has 0 radical (unpaired) electrons. The van der Waals surface area contributed by atoms with E-state index in [9.17, 15) is 4.79 Å². The summed E-state index contributed by atoms with van der Waals surface area (Å²) in [6, 6.07) is 11.4. The van der Waals surface area contributed by atoms with E-state index in [-0.39, 0.29) is 5.56 Å². The third kappa shape index (κ3) is 3.59. The molecule has 2 aromatic heterocycles. The standard InChI is InChI=1S/C20H19ClN2O2/c1-12-6-5-7-13(2)19(12)25-18-10-15(9-17(21)22-18)16-8-14(3)20(24)23(4)11-16/h5-11H,1-4H3. The van der Waals surface area contributed by atoms with Crippen molar-refractivity contribution in [1.29, 1.82) is 0 Å². The molecule has 1 aromatic carbocycles. The zero-order valence-corrected chi connectivity index (χ0v) is 15.4. The first-order valence-electron chi connectivity index (χ1n) is 7.94. The molecule has 0 saturated carbocycles. The maximum absolute atomic E-state index is 11.9. The van der Waals surface area contributed by atoms with Gasteiger partial charge >= 0.3 is 0 Å². The van der Waals surface area contributed by atoms with Gasteiger partial charge < -0.3 is 9.30 Å². The molecule has 0 amide bonds. The highest BCUT2D eigenvalue weighted by molar-refractivity contribution is 6.29. The molecule has 0 unspecified atom stereocenters. The number of pyridine rings is 2. The van der Waals surface area contributed by atoms with E-state index in [1.165, 1.54) is 0 Å². The molecule has 25 heavy (non-hydrogen) atoms. The van der Waals surface area contributed by atoms with E-state index in [0.717, 1.165) is 28.0 Å². The van der Waals surface area contributed by atoms with Crippen LogP contribution in [0.5, 0.6) is 11.6 Å². The van der Waals surface area contributed by atoms with Crippen molar-refractivity contribution in [2.24, 2.45) is 7.05 Å². The number of rotatable bonds is 3. The van der Waals surface area contributed by atoms with Gasteiger partial charge in [-0.1, -0.05) is 29.8 Å². The first-order chi connectivity index (χ1) is 11.8. The molecule has 3 rings (SSSR count). The minimum atomic E-state index is -0.0177. The predicted octanol–water partition coefficient (Wildman–Crippen LogP) is 4.82. The van der Waals surface area contributed by atoms with Crippen LogP contribution in [0.2, 0.25) is 5.15 Å². The Bertz CT molecular complexity index is 963. The Hall–Kier alpha value is -2.59. The summed E-state index contributed by atoms with van der Waals surface area (Å²) in [5.74, 6) is 1.20. The van der Waals surface area contributed by atoms with E-state index >= 15 is 0 Å². The van der Waals surface area contributed by atoms with Gasteiger partial charge in [-0.05, 0) is 55.2 Å². The zero-order valence-electron chi connectivity index (χ0n) is 14.6. The molecular formula is C20H19ClN2O2. The van der Waals surface area contributed by atoms with Crippen molar-refractivity contribution < 1.29 is 4.74 Å². The first kappa shape index (κ1) is 17.2. The Morgan fingerprint density at radius 3 is 2.32 bits per heavy atom. The molecule has 0 aliphatic heterocycles. The number of aromatic nitrogens is 2. The van der Waals surface area contributed by atoms with E-state index in [4.69, 9.17) is 16.3 Å². The second-order valence-electron chi connectivity index (χ2n) is 6.17. The van der Waals surface area contributed by atoms with Gasteiger partial charge in [0.05, 0.1) is 0 Å². The maximum atomic E-state index is 11.9. The Labute approximate surface area is 151 Å². The summed E-state index contributed by atoms with van der Waals surface area (Å²) >= 11 is 6.20. The highest BCUT2D eigenvalue weighted by Crippen LogP contribution is 2.31. The molecule has 4 nitrogen and oxygen atoms in total. The van der Waals surface area contributed by atoms with Crippen LogP contribution in [0.15, 0.2) is 47.4 Å². The van der Waals surface area contributed by atoms with Gasteiger partial charge in [0.2, 0.25) is 5.88 Å². The summed E-state index contributed by atoms with van der Waals surface area (Å²) in [6.45, 7) is 5.77. The van der Waals surface area contributed by atoms with Crippen molar-refractivity contribution in [2.45, 2.75) is 20.8 Å². The molecule has 0 fully saturated rings. The topological polar surface area (TPSA) is 44.1 Å². The molecule has 2 heterocycles. The smallest absolute Gasteiger partial charge is 0.253 e. The maximum Gasteiger partial charge on any atom is 0.253 e. The van der Waals surface area contributed by atoms with E-state index in [1.807, 2.05) is 44.2 Å². The Kier molecular flexibility index (Phi) is 4.64. The van der Waals surface area contributed by atoms with Crippen LogP contribution < -0.4 is 10.3 Å². The molecule has 0 saturated heterocycles. The van der Waals surface area contributed by atoms with Crippen molar-refractivity contribution in [1.82, 2.24) is 9.55 Å². The van der Waals surface area contributed by atoms with Crippen LogP contribution in [0.3, 0.4) is 0 Å². The Morgan fingerprint density at radius 2 is 1.68 bits per heavy atom. The number of benzene rings is 1. The fraction of sp³-hybridized carbons (Fsp3) is 0.200. The number of para-hydroxylation sites is 1. The van der Waals surface area contributed by atoms with Gasteiger partial charge in [0.15, 0.2) is 0 Å². The van der Waals surface area contributed by atoms with Gasteiger partial charge in [0.1, 0.15) is 10.9 Å². The minimum Gasteiger partial charge on any atom is -0.438 e. The van der Waals surface area contributed by atoms with Crippen LogP contribution in [0.25, 0.3) is 11.1 Å². The van der Waals surface area contributed by atoms with Crippen molar-refractivity contribution in [3.8, 4) is 22.8 Å². The second kappa shape index (κ2) is 6.73. The molecule has 0 aliphatic rings. The van der Waals surface area contributed by atoms with Crippen LogP contribution in [-0.4, -0.2) is 9.55 Å². The molecule has 0 spiro atoms. The van der Waals surface area contributed by atoms with Crippen LogP contribution in [0, 0.1) is 20.8 Å². The van der Waals surface area contributed by atoms with Crippen LogP contribution >= 0.6 is 11.6 Å². The molecule has 3 aromatic rings. The molecule has 0 bridgehead atoms. The Morgan fingerprint density at radius 1 is 1.00 bits per heavy atom. The highest BCUT2D eigenvalue weighted by Gasteiger charge is 2.10. The van der Waals surface area contributed by atoms with Crippen molar-refractivity contribution in [3.63, 3.8) is 0 Å². The number of nitrogens with zero attached hydrogens (tertiary/aromatic N) is 2. The van der Waals surface area contributed by atoms with Gasteiger partial charge in [-0.25, -0.2) is 4.98 Å². The fourth-order valence-corrected chi connectivity index (χ4v) is 2.99. The van der Waals surface area contributed by atoms with Crippen LogP contribution in [0.1, 0.15) is 16.7 Å². The summed E-state index contributed by atoms with van der Waals surface area (Å²) in [5, 5.41) is 0.338. The fourth-order valence-electron chi connectivity index (χ4n) is 2.79. The van der Waals surface area contributed by atoms with E-state index in [0.29, 0.717) is 16.6 Å². The van der Waals surface area contributed by atoms with Gasteiger partial charge in [-0.3, -0.25) is 4.79 Å². The SMILES string of the molecule is Cc1cccc(C)c1Oc1cc(-c2cc(C)c(=O)n(C)c2)cc(Cl)n1. The third-order valence-corrected chi connectivity index (χ3v) is 4.28. The number of hydrogen-bond acceptors (Lipinski definition) is 3. The molecule has 0 N–H and O–H groups in total. The Balaban J connectivity index is 2.06. The molecule has 5 heteroatoms. The third-order valence-electron chi connectivity index (χ3n) is 4.08. The lowest BCUT2D eigenvalue weighted by Crippen LogP contribution is -2.18. The summed E-state index contributed by atoms with van der Waals surface area (Å²) in [5.41, 5.74) is 4.44. The summed E-state index contributed by atoms with van der Waals surface area (Å²) in [4.78, 5) is 16.2. The highest BCUT2D eigenvalue weighted by atomic mass is 35.5. The second-order valence-corrected chi connectivity index (χ2v) is 6.55. The van der Waals surface area contributed by atoms with Gasteiger partial charge in [0, 0.05) is 24.9 Å². The minimum absolute atomic E-state index is 0.0177. The van der Waals surface area contributed by atoms with Crippen LogP contribution in [-0.2, 0) is 7.05 Å². The van der Waals surface area contributed by atoms with Gasteiger partial charge in [-0.2, -0.15) is 0 Å². The number of hydrogen-bond donors (Lipinski definition) is 0.